The van der Waals surface area contributed by atoms with Crippen molar-refractivity contribution < 1.29 is 19.3 Å². The maximum absolute atomic E-state index is 10.5. The van der Waals surface area contributed by atoms with Gasteiger partial charge in [-0.15, -0.1) is 11.3 Å². The van der Waals surface area contributed by atoms with Gasteiger partial charge in [0, 0.05) is 4.88 Å². The molecule has 0 bridgehead atoms. The molecule has 5 heteroatoms. The van der Waals surface area contributed by atoms with Crippen LogP contribution in [0.1, 0.15) is 22.1 Å². The lowest BCUT2D eigenvalue weighted by molar-refractivity contribution is 0.171. The average molecular weight is 278 g/mol. The zero-order valence-corrected chi connectivity index (χ0v) is 11.5. The fourth-order valence-corrected chi connectivity index (χ4v) is 2.90. The number of ether oxygens (including phenoxy) is 3. The molecule has 2 heterocycles. The minimum atomic E-state index is -0.686. The number of aliphatic hydroxyl groups excluding tert-OH is 1. The molecular formula is C14H14O4S. The average Bonchev–Trinajstić information content (AvgIpc) is 3.04. The summed E-state index contributed by atoms with van der Waals surface area (Å²) in [6, 6.07) is 5.52. The predicted octanol–water partition coefficient (Wildman–Crippen LogP) is 2.88. The highest BCUT2D eigenvalue weighted by molar-refractivity contribution is 7.10. The molecule has 1 aromatic carbocycles. The number of rotatable bonds is 3. The molecule has 0 fully saturated rings. The van der Waals surface area contributed by atoms with E-state index in [1.54, 1.807) is 30.6 Å². The third kappa shape index (κ3) is 2.05. The first-order valence-electron chi connectivity index (χ1n) is 5.90. The molecule has 2 aromatic rings. The molecular weight excluding hydrogens is 264 g/mol. The van der Waals surface area contributed by atoms with Crippen LogP contribution in [0.2, 0.25) is 0 Å². The zero-order chi connectivity index (χ0) is 13.4. The first kappa shape index (κ1) is 12.3. The van der Waals surface area contributed by atoms with Gasteiger partial charge in [-0.3, -0.25) is 0 Å². The molecule has 0 saturated carbocycles. The van der Waals surface area contributed by atoms with Crippen molar-refractivity contribution in [3.8, 4) is 17.2 Å². The summed E-state index contributed by atoms with van der Waals surface area (Å²) in [6.45, 7) is 2.18. The van der Waals surface area contributed by atoms with E-state index in [1.807, 2.05) is 18.4 Å². The van der Waals surface area contributed by atoms with E-state index in [0.29, 0.717) is 17.2 Å². The molecule has 100 valence electrons. The number of hydrogen-bond acceptors (Lipinski definition) is 5. The van der Waals surface area contributed by atoms with Gasteiger partial charge in [0.05, 0.1) is 7.11 Å². The van der Waals surface area contributed by atoms with Gasteiger partial charge >= 0.3 is 0 Å². The largest absolute Gasteiger partial charge is 0.493 e. The number of aryl methyl sites for hydroxylation is 1. The van der Waals surface area contributed by atoms with Crippen LogP contribution in [0.4, 0.5) is 0 Å². The number of benzene rings is 1. The molecule has 1 atom stereocenters. The van der Waals surface area contributed by atoms with E-state index in [4.69, 9.17) is 14.2 Å². The Bertz CT molecular complexity index is 605. The molecule has 0 radical (unpaired) electrons. The summed E-state index contributed by atoms with van der Waals surface area (Å²) in [4.78, 5) is 1.10. The van der Waals surface area contributed by atoms with Crippen molar-refractivity contribution in [1.82, 2.24) is 0 Å². The monoisotopic (exact) mass is 278 g/mol. The van der Waals surface area contributed by atoms with Crippen LogP contribution in [-0.2, 0) is 0 Å². The Morgan fingerprint density at radius 2 is 2.21 bits per heavy atom. The zero-order valence-electron chi connectivity index (χ0n) is 10.7. The van der Waals surface area contributed by atoms with Gasteiger partial charge < -0.3 is 19.3 Å². The van der Waals surface area contributed by atoms with Crippen LogP contribution in [0.3, 0.4) is 0 Å². The minimum absolute atomic E-state index is 0.183. The summed E-state index contributed by atoms with van der Waals surface area (Å²) in [5.74, 6) is 1.79. The molecule has 1 aromatic heterocycles. The molecule has 0 saturated heterocycles. The van der Waals surface area contributed by atoms with Gasteiger partial charge in [-0.2, -0.15) is 0 Å². The van der Waals surface area contributed by atoms with Crippen molar-refractivity contribution in [3.05, 3.63) is 39.6 Å². The van der Waals surface area contributed by atoms with Crippen molar-refractivity contribution in [1.29, 1.82) is 0 Å². The van der Waals surface area contributed by atoms with Gasteiger partial charge in [0.2, 0.25) is 12.5 Å². The summed E-state index contributed by atoms with van der Waals surface area (Å²) >= 11 is 1.62. The lowest BCUT2D eigenvalue weighted by Crippen LogP contribution is -2.00. The van der Waals surface area contributed by atoms with Crippen LogP contribution in [0.15, 0.2) is 23.6 Å². The number of thiophene rings is 1. The topological polar surface area (TPSA) is 47.9 Å². The molecule has 1 unspecified atom stereocenters. The molecule has 1 aliphatic rings. The molecule has 4 nitrogen and oxygen atoms in total. The van der Waals surface area contributed by atoms with Crippen LogP contribution in [0.5, 0.6) is 17.2 Å². The maximum Gasteiger partial charge on any atom is 0.231 e. The number of fused-ring (bicyclic) bond motifs is 1. The molecule has 0 spiro atoms. The van der Waals surface area contributed by atoms with E-state index in [2.05, 4.69) is 0 Å². The van der Waals surface area contributed by atoms with Gasteiger partial charge in [-0.1, -0.05) is 0 Å². The number of methoxy groups -OCH3 is 1. The standard InChI is InChI=1S/C14H14O4S/c1-8-10(3-4-19-8)13(15)9-5-11(16-2)14-12(6-9)17-7-18-14/h3-6,13,15H,7H2,1-2H3. The van der Waals surface area contributed by atoms with Crippen LogP contribution in [0.25, 0.3) is 0 Å². The first-order valence-corrected chi connectivity index (χ1v) is 6.78. The van der Waals surface area contributed by atoms with Crippen molar-refractivity contribution in [2.24, 2.45) is 0 Å². The summed E-state index contributed by atoms with van der Waals surface area (Å²) in [6.07, 6.45) is -0.686. The molecule has 0 aliphatic carbocycles. The van der Waals surface area contributed by atoms with Crippen molar-refractivity contribution >= 4 is 11.3 Å². The molecule has 0 amide bonds. The fourth-order valence-electron chi connectivity index (χ4n) is 2.17. The van der Waals surface area contributed by atoms with E-state index in [1.165, 1.54) is 0 Å². The Morgan fingerprint density at radius 3 is 2.89 bits per heavy atom. The molecule has 3 rings (SSSR count). The normalized spacial score (nSPS) is 14.5. The van der Waals surface area contributed by atoms with Gasteiger partial charge in [-0.05, 0) is 41.6 Å². The first-order chi connectivity index (χ1) is 9.20. The highest BCUT2D eigenvalue weighted by Gasteiger charge is 2.23. The Hall–Kier alpha value is -1.72. The van der Waals surface area contributed by atoms with Crippen LogP contribution >= 0.6 is 11.3 Å². The van der Waals surface area contributed by atoms with Crippen LogP contribution in [0, 0.1) is 6.92 Å². The van der Waals surface area contributed by atoms with Gasteiger partial charge in [0.15, 0.2) is 11.5 Å². The Balaban J connectivity index is 2.04. The van der Waals surface area contributed by atoms with E-state index in [9.17, 15) is 5.11 Å². The lowest BCUT2D eigenvalue weighted by Gasteiger charge is -2.13. The summed E-state index contributed by atoms with van der Waals surface area (Å²) in [7, 11) is 1.57. The van der Waals surface area contributed by atoms with E-state index >= 15 is 0 Å². The third-order valence-electron chi connectivity index (χ3n) is 3.19. The van der Waals surface area contributed by atoms with Gasteiger partial charge in [0.25, 0.3) is 0 Å². The second-order valence-corrected chi connectivity index (χ2v) is 5.41. The van der Waals surface area contributed by atoms with E-state index in [-0.39, 0.29) is 6.79 Å². The quantitative estimate of drug-likeness (QED) is 0.938. The maximum atomic E-state index is 10.5. The summed E-state index contributed by atoms with van der Waals surface area (Å²) < 4.78 is 16.0. The Morgan fingerprint density at radius 1 is 1.37 bits per heavy atom. The molecule has 19 heavy (non-hydrogen) atoms. The molecule has 1 aliphatic heterocycles. The van der Waals surface area contributed by atoms with Crippen LogP contribution < -0.4 is 14.2 Å². The number of aliphatic hydroxyl groups is 1. The summed E-state index contributed by atoms with van der Waals surface area (Å²) in [5, 5.41) is 12.4. The van der Waals surface area contributed by atoms with Crippen LogP contribution in [-0.4, -0.2) is 19.0 Å². The lowest BCUT2D eigenvalue weighted by atomic mass is 10.0. The van der Waals surface area contributed by atoms with Crippen molar-refractivity contribution in [3.63, 3.8) is 0 Å². The molecule has 1 N–H and O–H groups in total. The minimum Gasteiger partial charge on any atom is -0.493 e. The van der Waals surface area contributed by atoms with Crippen molar-refractivity contribution in [2.45, 2.75) is 13.0 Å². The predicted molar refractivity (Wildman–Crippen MR) is 72.2 cm³/mol. The summed E-state index contributed by atoms with van der Waals surface area (Å²) in [5.41, 5.74) is 1.65. The SMILES string of the molecule is COc1cc(C(O)c2ccsc2C)cc2c1OCO2. The fraction of sp³-hybridized carbons (Fsp3) is 0.286. The van der Waals surface area contributed by atoms with Gasteiger partial charge in [-0.25, -0.2) is 0 Å². The van der Waals surface area contributed by atoms with Crippen molar-refractivity contribution in [2.75, 3.05) is 13.9 Å². The van der Waals surface area contributed by atoms with E-state index in [0.717, 1.165) is 16.0 Å². The highest BCUT2D eigenvalue weighted by atomic mass is 32.1. The Kier molecular flexibility index (Phi) is 3.08. The van der Waals surface area contributed by atoms with Gasteiger partial charge in [0.1, 0.15) is 6.10 Å². The highest BCUT2D eigenvalue weighted by Crippen LogP contribution is 2.44. The Labute approximate surface area is 115 Å². The smallest absolute Gasteiger partial charge is 0.231 e. The third-order valence-corrected chi connectivity index (χ3v) is 4.05. The second-order valence-electron chi connectivity index (χ2n) is 4.29. The number of hydrogen-bond donors (Lipinski definition) is 1. The second kappa shape index (κ2) is 4.75. The van der Waals surface area contributed by atoms with E-state index < -0.39 is 6.10 Å².